The van der Waals surface area contributed by atoms with Gasteiger partial charge in [0.2, 0.25) is 5.91 Å². The predicted octanol–water partition coefficient (Wildman–Crippen LogP) is 7.09. The van der Waals surface area contributed by atoms with E-state index in [2.05, 4.69) is 34.7 Å². The van der Waals surface area contributed by atoms with Gasteiger partial charge < -0.3 is 31.6 Å². The molecule has 1 unspecified atom stereocenters. The summed E-state index contributed by atoms with van der Waals surface area (Å²) in [7, 11) is 0. The lowest BCUT2D eigenvalue weighted by atomic mass is 9.96. The fraction of sp³-hybridized carbons (Fsp3) is 0.690. The number of nitrogens with two attached hydrogens (primary N) is 2. The van der Waals surface area contributed by atoms with Crippen LogP contribution in [0.4, 0.5) is 4.79 Å². The predicted molar refractivity (Wildman–Crippen MR) is 223 cm³/mol. The van der Waals surface area contributed by atoms with Crippen LogP contribution < -0.4 is 27.5 Å². The molecular formula is C42H71N7O8. The van der Waals surface area contributed by atoms with E-state index < -0.39 is 52.6 Å². The van der Waals surface area contributed by atoms with Gasteiger partial charge in [-0.3, -0.25) is 9.59 Å². The Morgan fingerprint density at radius 3 is 2.04 bits per heavy atom. The molecule has 322 valence electrons. The average Bonchev–Trinajstić information content (AvgIpc) is 3.15. The molecule has 0 heterocycles. The molecule has 2 amide bonds. The van der Waals surface area contributed by atoms with Crippen LogP contribution in [0.3, 0.4) is 0 Å². The lowest BCUT2D eigenvalue weighted by molar-refractivity contribution is -0.525. The van der Waals surface area contributed by atoms with E-state index in [-0.39, 0.29) is 51.2 Å². The van der Waals surface area contributed by atoms with E-state index in [1.807, 2.05) is 30.3 Å². The van der Waals surface area contributed by atoms with Crippen LogP contribution in [0, 0.1) is 10.1 Å². The number of guanidine groups is 1. The van der Waals surface area contributed by atoms with Crippen molar-refractivity contribution in [3.63, 3.8) is 0 Å². The molecule has 0 saturated heterocycles. The quantitative estimate of drug-likeness (QED) is 0.00968. The summed E-state index contributed by atoms with van der Waals surface area (Å²) in [5.41, 5.74) is 13.5. The van der Waals surface area contributed by atoms with E-state index in [9.17, 15) is 29.3 Å². The number of ketones is 1. The number of alkyl carbamates (subject to hydrolysis) is 1. The Bertz CT molecular complexity index is 1370. The molecule has 1 aromatic carbocycles. The molecule has 15 heteroatoms. The number of nitro groups is 1. The lowest BCUT2D eigenvalue weighted by Gasteiger charge is -2.25. The Hall–Kier alpha value is -4.53. The molecule has 7 N–H and O–H groups in total. The van der Waals surface area contributed by atoms with Crippen LogP contribution in [-0.4, -0.2) is 65.0 Å². The number of nitrogens with one attached hydrogen (secondary N) is 3. The lowest BCUT2D eigenvalue weighted by Crippen LogP contribution is -2.49. The zero-order chi connectivity index (χ0) is 42.3. The van der Waals surface area contributed by atoms with Crippen molar-refractivity contribution in [1.82, 2.24) is 16.1 Å². The average molecular weight is 802 g/mol. The number of Topliss-reactive ketones (excluding diaryl/α,β-unsaturated/α-hetero) is 1. The number of amides is 2. The maximum absolute atomic E-state index is 13.5. The monoisotopic (exact) mass is 802 g/mol. The van der Waals surface area contributed by atoms with Gasteiger partial charge in [-0.15, -0.1) is 0 Å². The SMILES string of the molecule is CCCCCCCC/C=C\CCCCCCCC(=O)N[C@@H](CCCC(N)C(=O)[C@H](CCCN=C(N)N[N+](=O)[O-])NC(=O)OC(C)(C)C)C(=O)OCc1ccccc1. The fourth-order valence-electron chi connectivity index (χ4n) is 6.00. The summed E-state index contributed by atoms with van der Waals surface area (Å²) in [6.07, 6.45) is 20.1. The number of aliphatic imine (C=N–C) groups is 1. The number of allylic oxidation sites excluding steroid dienone is 2. The van der Waals surface area contributed by atoms with E-state index >= 15 is 0 Å². The highest BCUT2D eigenvalue weighted by Crippen LogP contribution is 2.14. The van der Waals surface area contributed by atoms with Crippen molar-refractivity contribution in [2.45, 2.75) is 180 Å². The summed E-state index contributed by atoms with van der Waals surface area (Å²) in [6.45, 7) is 7.40. The molecule has 0 aliphatic carbocycles. The van der Waals surface area contributed by atoms with Gasteiger partial charge in [0.05, 0.1) is 12.1 Å². The van der Waals surface area contributed by atoms with Crippen LogP contribution in [0.15, 0.2) is 47.5 Å². The van der Waals surface area contributed by atoms with Crippen LogP contribution in [-0.2, 0) is 30.5 Å². The topological polar surface area (TPSA) is 230 Å². The number of hydrazine groups is 1. The summed E-state index contributed by atoms with van der Waals surface area (Å²) in [5, 5.41) is 15.1. The van der Waals surface area contributed by atoms with Gasteiger partial charge in [0.1, 0.15) is 18.2 Å². The molecule has 0 spiro atoms. The van der Waals surface area contributed by atoms with Gasteiger partial charge in [0, 0.05) is 13.0 Å². The van der Waals surface area contributed by atoms with Gasteiger partial charge in [-0.1, -0.05) is 106 Å². The highest BCUT2D eigenvalue weighted by Gasteiger charge is 2.29. The zero-order valence-electron chi connectivity index (χ0n) is 34.9. The molecule has 0 aromatic heterocycles. The number of carbonyl (C=O) groups excluding carboxylic acids is 4. The number of carbonyl (C=O) groups is 4. The number of ether oxygens (including phenoxy) is 2. The second-order valence-corrected chi connectivity index (χ2v) is 15.5. The minimum absolute atomic E-state index is 0.0468. The largest absolute Gasteiger partial charge is 0.459 e. The van der Waals surface area contributed by atoms with Crippen molar-refractivity contribution >= 4 is 29.7 Å². The number of hydrogen-bond donors (Lipinski definition) is 5. The summed E-state index contributed by atoms with van der Waals surface area (Å²) in [4.78, 5) is 66.6. The second kappa shape index (κ2) is 30.6. The maximum Gasteiger partial charge on any atom is 0.408 e. The standard InChI is InChI=1S/C42H71N7O8/c1-5-6-7-8-9-10-11-12-13-14-15-16-17-18-22-30-37(50)46-36(39(52)56-32-33-25-20-19-21-26-33)28-23-27-34(43)38(51)35(47-41(53)57-42(2,3)4)29-24-31-45-40(44)48-49(54)55/h12-13,19-21,25-26,34-36H,5-11,14-18,22-24,27-32,43H2,1-4H3,(H,46,50)(H,47,53)(H3,44,45,48)/b13-12-/t34?,35-,36-/m0/s1. The molecule has 0 radical (unpaired) electrons. The van der Waals surface area contributed by atoms with Crippen molar-refractivity contribution in [3.8, 4) is 0 Å². The number of unbranched alkanes of at least 4 members (excludes halogenated alkanes) is 11. The highest BCUT2D eigenvalue weighted by atomic mass is 16.7. The fourth-order valence-corrected chi connectivity index (χ4v) is 6.00. The van der Waals surface area contributed by atoms with E-state index in [0.29, 0.717) is 12.8 Å². The van der Waals surface area contributed by atoms with Crippen molar-refractivity contribution in [3.05, 3.63) is 58.2 Å². The molecule has 3 atom stereocenters. The van der Waals surface area contributed by atoms with Crippen molar-refractivity contribution < 1.29 is 33.7 Å². The molecule has 0 saturated carbocycles. The molecule has 15 nitrogen and oxygen atoms in total. The maximum atomic E-state index is 13.5. The summed E-state index contributed by atoms with van der Waals surface area (Å²) < 4.78 is 10.9. The number of benzene rings is 1. The number of esters is 1. The number of rotatable bonds is 31. The minimum atomic E-state index is -1.03. The molecule has 0 aliphatic rings. The number of nitrogens with zero attached hydrogens (tertiary/aromatic N) is 2. The molecule has 1 rings (SSSR count). The van der Waals surface area contributed by atoms with E-state index in [4.69, 9.17) is 20.9 Å². The molecule has 57 heavy (non-hydrogen) atoms. The molecule has 0 bridgehead atoms. The van der Waals surface area contributed by atoms with Gasteiger partial charge >= 0.3 is 12.1 Å². The highest BCUT2D eigenvalue weighted by molar-refractivity contribution is 5.91. The Kier molecular flexibility index (Phi) is 27.1. The third kappa shape index (κ3) is 27.7. The molecule has 1 aromatic rings. The first-order valence-corrected chi connectivity index (χ1v) is 20.9. The van der Waals surface area contributed by atoms with Gasteiger partial charge in [-0.2, -0.15) is 0 Å². The molecule has 0 fully saturated rings. The normalized spacial score (nSPS) is 13.4. The van der Waals surface area contributed by atoms with Crippen LogP contribution in [0.25, 0.3) is 0 Å². The van der Waals surface area contributed by atoms with Gasteiger partial charge in [-0.05, 0) is 90.5 Å². The third-order valence-corrected chi connectivity index (χ3v) is 9.06. The van der Waals surface area contributed by atoms with Crippen LogP contribution in [0.2, 0.25) is 0 Å². The number of hydrogen-bond acceptors (Lipinski definition) is 10. The summed E-state index contributed by atoms with van der Waals surface area (Å²) in [6, 6.07) is 6.25. The van der Waals surface area contributed by atoms with Crippen LogP contribution in [0.1, 0.15) is 155 Å². The van der Waals surface area contributed by atoms with Crippen molar-refractivity contribution in [1.29, 1.82) is 0 Å². The van der Waals surface area contributed by atoms with Crippen molar-refractivity contribution in [2.75, 3.05) is 6.54 Å². The first kappa shape index (κ1) is 50.5. The van der Waals surface area contributed by atoms with E-state index in [0.717, 1.165) is 44.1 Å². The molecule has 0 aliphatic heterocycles. The van der Waals surface area contributed by atoms with E-state index in [1.165, 1.54) is 38.5 Å². The van der Waals surface area contributed by atoms with Gasteiger partial charge in [0.25, 0.3) is 5.96 Å². The Balaban J connectivity index is 2.68. The Morgan fingerprint density at radius 2 is 1.42 bits per heavy atom. The van der Waals surface area contributed by atoms with Crippen molar-refractivity contribution in [2.24, 2.45) is 16.5 Å². The van der Waals surface area contributed by atoms with Crippen LogP contribution >= 0.6 is 0 Å². The smallest absolute Gasteiger partial charge is 0.408 e. The summed E-state index contributed by atoms with van der Waals surface area (Å²) >= 11 is 0. The second-order valence-electron chi connectivity index (χ2n) is 15.5. The first-order valence-electron chi connectivity index (χ1n) is 20.9. The third-order valence-electron chi connectivity index (χ3n) is 9.06. The molecular weight excluding hydrogens is 731 g/mol. The Morgan fingerprint density at radius 1 is 0.825 bits per heavy atom. The van der Waals surface area contributed by atoms with E-state index in [1.54, 1.807) is 26.2 Å². The first-order chi connectivity index (χ1) is 27.2. The Labute approximate surface area is 340 Å². The zero-order valence-corrected chi connectivity index (χ0v) is 34.9. The summed E-state index contributed by atoms with van der Waals surface area (Å²) in [5.74, 6) is -1.67. The van der Waals surface area contributed by atoms with Crippen LogP contribution in [0.5, 0.6) is 0 Å². The minimum Gasteiger partial charge on any atom is -0.459 e. The van der Waals surface area contributed by atoms with Gasteiger partial charge in [0.15, 0.2) is 10.8 Å². The van der Waals surface area contributed by atoms with Gasteiger partial charge in [-0.25, -0.2) is 24.7 Å².